The number of benzene rings is 1. The minimum absolute atomic E-state index is 0.146. The quantitative estimate of drug-likeness (QED) is 0.490. The van der Waals surface area contributed by atoms with E-state index in [1.807, 2.05) is 29.6 Å². The number of thiophene rings is 1. The van der Waals surface area contributed by atoms with Crippen molar-refractivity contribution in [3.8, 4) is 22.8 Å². The molecule has 4 aromatic rings. The number of rotatable bonds is 4. The molecule has 1 N–H and O–H groups in total. The van der Waals surface area contributed by atoms with Crippen molar-refractivity contribution >= 4 is 33.3 Å². The van der Waals surface area contributed by atoms with Gasteiger partial charge in [-0.05, 0) is 30.3 Å². The van der Waals surface area contributed by atoms with Crippen LogP contribution in [0, 0.1) is 0 Å². The Morgan fingerprint density at radius 2 is 2.07 bits per heavy atom. The van der Waals surface area contributed by atoms with Crippen LogP contribution in [0.5, 0.6) is 11.5 Å². The Kier molecular flexibility index (Phi) is 4.58. The third-order valence-corrected chi connectivity index (χ3v) is 6.25. The maximum atomic E-state index is 12.6. The van der Waals surface area contributed by atoms with Crippen molar-refractivity contribution in [3.05, 3.63) is 58.2 Å². The number of fused-ring (bicyclic) bond motifs is 2. The van der Waals surface area contributed by atoms with Gasteiger partial charge in [-0.2, -0.15) is 0 Å². The Bertz CT molecular complexity index is 1180. The van der Waals surface area contributed by atoms with E-state index in [9.17, 15) is 4.79 Å². The van der Waals surface area contributed by atoms with Gasteiger partial charge >= 0.3 is 0 Å². The second kappa shape index (κ2) is 7.37. The largest absolute Gasteiger partial charge is 0.490 e. The highest BCUT2D eigenvalue weighted by atomic mass is 32.2. The van der Waals surface area contributed by atoms with Gasteiger partial charge in [0.25, 0.3) is 5.56 Å². The van der Waals surface area contributed by atoms with E-state index < -0.39 is 0 Å². The molecule has 1 aliphatic rings. The van der Waals surface area contributed by atoms with Gasteiger partial charge in [0.2, 0.25) is 0 Å². The van der Waals surface area contributed by atoms with E-state index in [2.05, 4.69) is 9.97 Å². The van der Waals surface area contributed by atoms with Crippen LogP contribution in [-0.4, -0.2) is 23.2 Å². The first-order valence-corrected chi connectivity index (χ1v) is 10.7. The molecule has 0 atom stereocenters. The standard InChI is InChI=1S/C20H16N2O4S2/c23-19-18-13(14-3-1-6-24-14)10-28-20(18)22-17(21-19)11-27-12-4-5-15-16(9-12)26-8-2-7-25-15/h1,3-6,9-10H,2,7-8,11H2,(H,21,22,23). The van der Waals surface area contributed by atoms with E-state index in [1.54, 1.807) is 24.1 Å². The topological polar surface area (TPSA) is 77.4 Å². The molecule has 6 nitrogen and oxygen atoms in total. The number of nitrogens with zero attached hydrogens (tertiary/aromatic N) is 1. The van der Waals surface area contributed by atoms with Crippen LogP contribution in [0.4, 0.5) is 0 Å². The lowest BCUT2D eigenvalue weighted by molar-refractivity contribution is 0.297. The van der Waals surface area contributed by atoms with Gasteiger partial charge in [0.15, 0.2) is 11.5 Å². The number of aromatic nitrogens is 2. The molecule has 5 rings (SSSR count). The van der Waals surface area contributed by atoms with Crippen LogP contribution in [0.3, 0.4) is 0 Å². The number of hydrogen-bond acceptors (Lipinski definition) is 7. The van der Waals surface area contributed by atoms with E-state index >= 15 is 0 Å². The van der Waals surface area contributed by atoms with Gasteiger partial charge in [0.05, 0.1) is 30.6 Å². The fraction of sp³-hybridized carbons (Fsp3) is 0.200. The highest BCUT2D eigenvalue weighted by Gasteiger charge is 2.15. The van der Waals surface area contributed by atoms with Crippen LogP contribution in [-0.2, 0) is 5.75 Å². The van der Waals surface area contributed by atoms with Gasteiger partial charge < -0.3 is 18.9 Å². The van der Waals surface area contributed by atoms with Crippen molar-refractivity contribution in [1.29, 1.82) is 0 Å². The summed E-state index contributed by atoms with van der Waals surface area (Å²) in [6.07, 6.45) is 2.48. The first-order chi connectivity index (χ1) is 13.8. The van der Waals surface area contributed by atoms with Crippen molar-refractivity contribution in [2.24, 2.45) is 0 Å². The highest BCUT2D eigenvalue weighted by Crippen LogP contribution is 2.35. The average molecular weight is 412 g/mol. The molecule has 28 heavy (non-hydrogen) atoms. The van der Waals surface area contributed by atoms with Crippen LogP contribution in [0.2, 0.25) is 0 Å². The summed E-state index contributed by atoms with van der Waals surface area (Å²) in [5.41, 5.74) is 0.632. The van der Waals surface area contributed by atoms with Gasteiger partial charge in [-0.25, -0.2) is 4.98 Å². The second-order valence-corrected chi connectivity index (χ2v) is 8.17. The number of ether oxygens (including phenoxy) is 2. The Morgan fingerprint density at radius 1 is 1.18 bits per heavy atom. The summed E-state index contributed by atoms with van der Waals surface area (Å²) < 4.78 is 16.8. The van der Waals surface area contributed by atoms with Gasteiger partial charge in [0, 0.05) is 22.3 Å². The summed E-state index contributed by atoms with van der Waals surface area (Å²) in [5.74, 6) is 3.41. The molecule has 1 aromatic carbocycles. The fourth-order valence-corrected chi connectivity index (χ4v) is 4.80. The lowest BCUT2D eigenvalue weighted by atomic mass is 10.2. The Hall–Kier alpha value is -2.71. The molecule has 1 aliphatic heterocycles. The number of H-pyrrole nitrogens is 1. The summed E-state index contributed by atoms with van der Waals surface area (Å²) in [7, 11) is 0. The molecule has 0 unspecified atom stereocenters. The summed E-state index contributed by atoms with van der Waals surface area (Å²) in [6.45, 7) is 1.33. The Balaban J connectivity index is 1.39. The van der Waals surface area contributed by atoms with Crippen LogP contribution in [0.25, 0.3) is 21.5 Å². The molecule has 0 amide bonds. The van der Waals surface area contributed by atoms with Crippen molar-refractivity contribution in [3.63, 3.8) is 0 Å². The minimum Gasteiger partial charge on any atom is -0.490 e. The number of hydrogen-bond donors (Lipinski definition) is 1. The summed E-state index contributed by atoms with van der Waals surface area (Å²) in [4.78, 5) is 21.9. The Labute approximate surface area is 168 Å². The smallest absolute Gasteiger partial charge is 0.260 e. The van der Waals surface area contributed by atoms with Crippen molar-refractivity contribution in [2.45, 2.75) is 17.1 Å². The number of furan rings is 1. The molecule has 0 saturated heterocycles. The molecule has 0 fully saturated rings. The predicted octanol–water partition coefficient (Wildman–Crippen LogP) is 4.70. The van der Waals surface area contributed by atoms with Crippen LogP contribution >= 0.6 is 23.1 Å². The average Bonchev–Trinajstić information content (AvgIpc) is 3.31. The van der Waals surface area contributed by atoms with E-state index in [1.165, 1.54) is 11.3 Å². The fourth-order valence-electron chi connectivity index (χ4n) is 3.06. The van der Waals surface area contributed by atoms with Gasteiger partial charge in [-0.3, -0.25) is 4.79 Å². The predicted molar refractivity (Wildman–Crippen MR) is 110 cm³/mol. The van der Waals surface area contributed by atoms with Crippen LogP contribution in [0.1, 0.15) is 12.2 Å². The SMILES string of the molecule is O=c1[nH]c(CSc2ccc3c(c2)OCCCO3)nc2scc(-c3ccco3)c12. The molecule has 0 aliphatic carbocycles. The molecule has 0 saturated carbocycles. The maximum Gasteiger partial charge on any atom is 0.260 e. The van der Waals surface area contributed by atoms with Gasteiger partial charge in [-0.1, -0.05) is 0 Å². The molecule has 0 radical (unpaired) electrons. The summed E-state index contributed by atoms with van der Waals surface area (Å²) in [6, 6.07) is 9.55. The zero-order valence-electron chi connectivity index (χ0n) is 14.8. The third kappa shape index (κ3) is 3.29. The molecular weight excluding hydrogens is 396 g/mol. The minimum atomic E-state index is -0.146. The zero-order chi connectivity index (χ0) is 18.9. The molecule has 3 aromatic heterocycles. The first-order valence-electron chi connectivity index (χ1n) is 8.84. The van der Waals surface area contributed by atoms with E-state index in [0.29, 0.717) is 40.8 Å². The third-order valence-electron chi connectivity index (χ3n) is 4.37. The van der Waals surface area contributed by atoms with Crippen LogP contribution < -0.4 is 15.0 Å². The molecule has 142 valence electrons. The lowest BCUT2D eigenvalue weighted by Crippen LogP contribution is -2.10. The normalized spacial score (nSPS) is 13.6. The monoisotopic (exact) mass is 412 g/mol. The highest BCUT2D eigenvalue weighted by molar-refractivity contribution is 7.98. The van der Waals surface area contributed by atoms with Gasteiger partial charge in [0.1, 0.15) is 16.4 Å². The molecule has 0 bridgehead atoms. The van der Waals surface area contributed by atoms with Crippen molar-refractivity contribution in [2.75, 3.05) is 13.2 Å². The maximum absolute atomic E-state index is 12.6. The molecule has 4 heterocycles. The lowest BCUT2D eigenvalue weighted by Gasteiger charge is -2.09. The molecular formula is C20H16N2O4S2. The number of nitrogens with one attached hydrogen (secondary N) is 1. The zero-order valence-corrected chi connectivity index (χ0v) is 16.4. The summed E-state index contributed by atoms with van der Waals surface area (Å²) in [5, 5.41) is 2.48. The second-order valence-electron chi connectivity index (χ2n) is 6.27. The van der Waals surface area contributed by atoms with E-state index in [-0.39, 0.29) is 5.56 Å². The number of thioether (sulfide) groups is 1. The molecule has 8 heteroatoms. The van der Waals surface area contributed by atoms with Crippen molar-refractivity contribution in [1.82, 2.24) is 9.97 Å². The first kappa shape index (κ1) is 17.4. The summed E-state index contributed by atoms with van der Waals surface area (Å²) >= 11 is 3.04. The van der Waals surface area contributed by atoms with Crippen molar-refractivity contribution < 1.29 is 13.9 Å². The Morgan fingerprint density at radius 3 is 2.93 bits per heavy atom. The van der Waals surface area contributed by atoms with Gasteiger partial charge in [-0.15, -0.1) is 23.1 Å². The van der Waals surface area contributed by atoms with Crippen LogP contribution in [0.15, 0.2) is 56.1 Å². The van der Waals surface area contributed by atoms with E-state index in [0.717, 1.165) is 28.4 Å². The molecule has 0 spiro atoms. The number of aromatic amines is 1. The van der Waals surface area contributed by atoms with E-state index in [4.69, 9.17) is 13.9 Å².